The number of rotatable bonds is 10. The summed E-state index contributed by atoms with van der Waals surface area (Å²) in [5.41, 5.74) is 4.35. The van der Waals surface area contributed by atoms with Gasteiger partial charge < -0.3 is 26.4 Å². The highest BCUT2D eigenvalue weighted by atomic mass is 19.4. The van der Waals surface area contributed by atoms with Crippen LogP contribution in [0.15, 0.2) is 103 Å². The number of hydrogen-bond donors (Lipinski definition) is 4. The van der Waals surface area contributed by atoms with Gasteiger partial charge in [-0.2, -0.15) is 26.3 Å². The normalized spacial score (nSPS) is 13.3. The van der Waals surface area contributed by atoms with Gasteiger partial charge in [-0.3, -0.25) is 9.59 Å². The van der Waals surface area contributed by atoms with Gasteiger partial charge in [-0.15, -0.1) is 0 Å². The molecule has 9 nitrogen and oxygen atoms in total. The van der Waals surface area contributed by atoms with Crippen LogP contribution < -0.4 is 26.4 Å². The highest BCUT2D eigenvalue weighted by molar-refractivity contribution is 6.07. The molecule has 1 aliphatic heterocycles. The van der Waals surface area contributed by atoms with Crippen LogP contribution in [0.4, 0.5) is 42.2 Å². The first-order valence-electron chi connectivity index (χ1n) is 16.9. The lowest BCUT2D eigenvalue weighted by molar-refractivity contribution is -0.141. The first kappa shape index (κ1) is 40.2. The quantitative estimate of drug-likeness (QED) is 0.105. The van der Waals surface area contributed by atoms with E-state index in [1.54, 1.807) is 48.5 Å². The van der Waals surface area contributed by atoms with E-state index in [0.717, 1.165) is 55.8 Å². The van der Waals surface area contributed by atoms with Gasteiger partial charge in [0.2, 0.25) is 0 Å². The van der Waals surface area contributed by atoms with Gasteiger partial charge in [0.1, 0.15) is 23.1 Å². The van der Waals surface area contributed by atoms with Crippen molar-refractivity contribution >= 4 is 23.3 Å². The Morgan fingerprint density at radius 3 is 2.20 bits per heavy atom. The van der Waals surface area contributed by atoms with E-state index >= 15 is 0 Å². The van der Waals surface area contributed by atoms with Crippen LogP contribution in [0.1, 0.15) is 50.4 Å². The van der Waals surface area contributed by atoms with Gasteiger partial charge in [0.05, 0.1) is 29.0 Å². The number of nitrogens with two attached hydrogens (primary N) is 1. The largest absolute Gasteiger partial charge is 0.493 e. The lowest BCUT2D eigenvalue weighted by atomic mass is 9.99. The minimum absolute atomic E-state index is 0.0385. The Labute approximate surface area is 311 Å². The Morgan fingerprint density at radius 2 is 1.55 bits per heavy atom. The summed E-state index contributed by atoms with van der Waals surface area (Å²) in [6, 6.07) is 22.0. The standard InChI is InChI=1S/C26H26F4N4O2.C13H9F3N2O/c27-20-5-3-17(4-6-20)15-33-24-23(2-1-9-32-24)25(35)34-21-12-19(26(28,29)30)13-22(14-21)36-16-18-7-10-31-11-8-18;14-13(15,16)10-7-6-9(12(17)19)11(18-10)8-4-2-1-3-5-8/h1-6,9,12-14,18,31H,7-8,10-11,15-16H2,(H,32,33)(H,34,35);1-7H,(H2,17,19). The summed E-state index contributed by atoms with van der Waals surface area (Å²) in [6.07, 6.45) is -5.92. The van der Waals surface area contributed by atoms with Gasteiger partial charge in [-0.05, 0) is 85.9 Å². The van der Waals surface area contributed by atoms with Crippen LogP contribution in [0.2, 0.25) is 0 Å². The van der Waals surface area contributed by atoms with Crippen molar-refractivity contribution in [1.82, 2.24) is 15.3 Å². The highest BCUT2D eigenvalue weighted by Gasteiger charge is 2.34. The van der Waals surface area contributed by atoms with Crippen LogP contribution in [0, 0.1) is 11.7 Å². The molecule has 5 aromatic rings. The molecule has 1 aliphatic rings. The number of carbonyl (C=O) groups is 2. The van der Waals surface area contributed by atoms with Crippen molar-refractivity contribution in [3.05, 3.63) is 137 Å². The van der Waals surface area contributed by atoms with Crippen molar-refractivity contribution in [3.8, 4) is 17.0 Å². The van der Waals surface area contributed by atoms with Crippen LogP contribution in [-0.2, 0) is 18.9 Å². The zero-order chi connectivity index (χ0) is 39.6. The molecular weight excluding hydrogens is 733 g/mol. The number of pyridine rings is 2. The number of carbonyl (C=O) groups excluding carboxylic acids is 2. The maximum atomic E-state index is 13.5. The fourth-order valence-corrected chi connectivity index (χ4v) is 5.53. The summed E-state index contributed by atoms with van der Waals surface area (Å²) in [6.45, 7) is 2.27. The van der Waals surface area contributed by atoms with E-state index in [9.17, 15) is 40.3 Å². The molecule has 2 amide bonds. The minimum atomic E-state index is -4.61. The molecule has 3 heterocycles. The Balaban J connectivity index is 0.000000256. The monoisotopic (exact) mass is 768 g/mol. The number of aromatic nitrogens is 2. The zero-order valence-electron chi connectivity index (χ0n) is 29.0. The summed E-state index contributed by atoms with van der Waals surface area (Å²) >= 11 is 0. The van der Waals surface area contributed by atoms with Crippen molar-refractivity contribution in [2.45, 2.75) is 31.7 Å². The molecule has 0 aliphatic carbocycles. The fourth-order valence-electron chi connectivity index (χ4n) is 5.53. The van der Waals surface area contributed by atoms with Crippen LogP contribution in [0.25, 0.3) is 11.3 Å². The van der Waals surface area contributed by atoms with E-state index in [1.165, 1.54) is 30.5 Å². The predicted octanol–water partition coefficient (Wildman–Crippen LogP) is 8.35. The third kappa shape index (κ3) is 11.5. The van der Waals surface area contributed by atoms with E-state index in [0.29, 0.717) is 12.2 Å². The second-order valence-electron chi connectivity index (χ2n) is 12.4. The number of ether oxygens (including phenoxy) is 1. The summed E-state index contributed by atoms with van der Waals surface area (Å²) in [7, 11) is 0. The fraction of sp³-hybridized carbons (Fsp3) is 0.231. The molecule has 55 heavy (non-hydrogen) atoms. The van der Waals surface area contributed by atoms with Gasteiger partial charge in [-0.25, -0.2) is 14.4 Å². The topological polar surface area (TPSA) is 131 Å². The maximum Gasteiger partial charge on any atom is 0.433 e. The first-order valence-corrected chi connectivity index (χ1v) is 16.9. The Hall–Kier alpha value is -6.03. The van der Waals surface area contributed by atoms with Gasteiger partial charge in [0.15, 0.2) is 0 Å². The molecule has 2 aromatic heterocycles. The number of primary amides is 1. The minimum Gasteiger partial charge on any atom is -0.493 e. The third-order valence-electron chi connectivity index (χ3n) is 8.36. The number of nitrogens with zero attached hydrogens (tertiary/aromatic N) is 2. The molecular formula is C39H35F7N6O3. The second-order valence-corrected chi connectivity index (χ2v) is 12.4. The molecule has 288 valence electrons. The smallest absolute Gasteiger partial charge is 0.433 e. The van der Waals surface area contributed by atoms with Gasteiger partial charge in [-0.1, -0.05) is 42.5 Å². The molecule has 3 aromatic carbocycles. The second kappa shape index (κ2) is 17.9. The SMILES string of the molecule is NC(=O)c1ccc(C(F)(F)F)nc1-c1ccccc1.O=C(Nc1cc(OCC2CCNCC2)cc(C(F)(F)F)c1)c1cccnc1NCc1ccc(F)cc1. The van der Waals surface area contributed by atoms with Crippen molar-refractivity contribution in [2.75, 3.05) is 30.3 Å². The molecule has 0 radical (unpaired) electrons. The number of nitrogens with one attached hydrogen (secondary N) is 3. The zero-order valence-corrected chi connectivity index (χ0v) is 29.0. The number of halogens is 7. The Kier molecular flexibility index (Phi) is 13.0. The molecule has 1 fully saturated rings. The lowest BCUT2D eigenvalue weighted by Gasteiger charge is -2.23. The van der Waals surface area contributed by atoms with Crippen LogP contribution >= 0.6 is 0 Å². The third-order valence-corrected chi connectivity index (χ3v) is 8.36. The Morgan fingerprint density at radius 1 is 0.836 bits per heavy atom. The molecule has 16 heteroatoms. The van der Waals surface area contributed by atoms with E-state index in [2.05, 4.69) is 25.9 Å². The predicted molar refractivity (Wildman–Crippen MR) is 192 cm³/mol. The molecule has 6 rings (SSSR count). The number of piperidine rings is 1. The molecule has 0 unspecified atom stereocenters. The number of alkyl halides is 6. The molecule has 0 saturated carbocycles. The summed E-state index contributed by atoms with van der Waals surface area (Å²) in [5, 5.41) is 8.79. The molecule has 1 saturated heterocycles. The first-order chi connectivity index (χ1) is 26.2. The van der Waals surface area contributed by atoms with Gasteiger partial charge >= 0.3 is 12.4 Å². The number of anilines is 2. The van der Waals surface area contributed by atoms with Crippen LogP contribution in [0.3, 0.4) is 0 Å². The van der Waals surface area contributed by atoms with E-state index in [-0.39, 0.29) is 52.4 Å². The van der Waals surface area contributed by atoms with Crippen molar-refractivity contribution in [1.29, 1.82) is 0 Å². The average Bonchev–Trinajstić information content (AvgIpc) is 3.17. The molecule has 0 spiro atoms. The Bertz CT molecular complexity index is 2070. The van der Waals surface area contributed by atoms with Gasteiger partial charge in [0, 0.05) is 30.1 Å². The van der Waals surface area contributed by atoms with Crippen LogP contribution in [-0.4, -0.2) is 41.5 Å². The molecule has 0 atom stereocenters. The molecule has 5 N–H and O–H groups in total. The average molecular weight is 769 g/mol. The van der Waals surface area contributed by atoms with Crippen molar-refractivity contribution < 1.29 is 45.1 Å². The summed E-state index contributed by atoms with van der Waals surface area (Å²) in [4.78, 5) is 31.9. The van der Waals surface area contributed by atoms with E-state index in [4.69, 9.17) is 10.5 Å². The van der Waals surface area contributed by atoms with Crippen LogP contribution in [0.5, 0.6) is 5.75 Å². The lowest BCUT2D eigenvalue weighted by Crippen LogP contribution is -2.30. The number of benzene rings is 3. The number of hydrogen-bond acceptors (Lipinski definition) is 7. The molecule has 0 bridgehead atoms. The van der Waals surface area contributed by atoms with E-state index in [1.807, 2.05) is 0 Å². The summed E-state index contributed by atoms with van der Waals surface area (Å²) < 4.78 is 97.3. The van der Waals surface area contributed by atoms with Crippen molar-refractivity contribution in [3.63, 3.8) is 0 Å². The highest BCUT2D eigenvalue weighted by Crippen LogP contribution is 2.35. The number of amides is 2. The van der Waals surface area contributed by atoms with E-state index < -0.39 is 35.4 Å². The van der Waals surface area contributed by atoms with Crippen molar-refractivity contribution in [2.24, 2.45) is 11.7 Å². The van der Waals surface area contributed by atoms with Gasteiger partial charge in [0.25, 0.3) is 11.8 Å². The maximum absolute atomic E-state index is 13.5. The summed E-state index contributed by atoms with van der Waals surface area (Å²) in [5.74, 6) is -1.28.